The summed E-state index contributed by atoms with van der Waals surface area (Å²) in [5.41, 5.74) is 2.19. The molecule has 4 heteroatoms. The first kappa shape index (κ1) is 14.9. The molecule has 1 aromatic carbocycles. The maximum Gasteiger partial charge on any atom is 0.120 e. The number of hydrogen-bond acceptors (Lipinski definition) is 3. The van der Waals surface area contributed by atoms with Crippen molar-refractivity contribution in [1.29, 1.82) is 0 Å². The first-order valence-corrected chi connectivity index (χ1v) is 9.33. The lowest BCUT2D eigenvalue weighted by molar-refractivity contribution is 0.127. The molecule has 1 fully saturated rings. The number of benzene rings is 1. The molecular weight excluding hydrogens is 304 g/mol. The Morgan fingerprint density at radius 1 is 1.17 bits per heavy atom. The standard InChI is InChI=1S/C19H22N2OS/c22-16(11-14-7-3-1-4-8-14)18-19(15-9-5-2-6-10-15)23-17-12-20-13-21(17)18/h2,5-6,9-10,12-14,16,22H,1,3-4,7-8,11H2. The normalized spacial score (nSPS) is 17.6. The van der Waals surface area contributed by atoms with E-state index >= 15 is 0 Å². The van der Waals surface area contributed by atoms with E-state index in [0.717, 1.165) is 16.9 Å². The van der Waals surface area contributed by atoms with Gasteiger partial charge in [-0.05, 0) is 17.9 Å². The van der Waals surface area contributed by atoms with Crippen molar-refractivity contribution in [2.45, 2.75) is 44.6 Å². The largest absolute Gasteiger partial charge is 0.387 e. The van der Waals surface area contributed by atoms with E-state index in [2.05, 4.69) is 33.7 Å². The molecule has 0 amide bonds. The SMILES string of the molecule is OC(CC1CCCCC1)c1c(-c2ccccc2)sc2cncn12. The maximum atomic E-state index is 11.0. The van der Waals surface area contributed by atoms with Gasteiger partial charge in [-0.3, -0.25) is 4.40 Å². The molecule has 3 aromatic rings. The van der Waals surface area contributed by atoms with Crippen molar-refractivity contribution in [2.24, 2.45) is 5.92 Å². The molecule has 2 aromatic heterocycles. The summed E-state index contributed by atoms with van der Waals surface area (Å²) < 4.78 is 2.07. The van der Waals surface area contributed by atoms with Crippen LogP contribution in [0.5, 0.6) is 0 Å². The molecule has 23 heavy (non-hydrogen) atoms. The molecule has 0 saturated heterocycles. The Bertz CT molecular complexity index is 771. The third-order valence-electron chi connectivity index (χ3n) is 4.94. The number of hydrogen-bond donors (Lipinski definition) is 1. The zero-order valence-corrected chi connectivity index (χ0v) is 14.0. The Hall–Kier alpha value is -1.65. The number of nitrogens with zero attached hydrogens (tertiary/aromatic N) is 2. The molecule has 0 spiro atoms. The first-order chi connectivity index (χ1) is 11.3. The van der Waals surface area contributed by atoms with Crippen LogP contribution in [0, 0.1) is 5.92 Å². The number of thiazole rings is 1. The summed E-state index contributed by atoms with van der Waals surface area (Å²) in [5, 5.41) is 11.0. The monoisotopic (exact) mass is 326 g/mol. The van der Waals surface area contributed by atoms with Crippen molar-refractivity contribution in [3.63, 3.8) is 0 Å². The molecule has 1 saturated carbocycles. The van der Waals surface area contributed by atoms with Gasteiger partial charge in [-0.1, -0.05) is 62.4 Å². The lowest BCUT2D eigenvalue weighted by Gasteiger charge is -2.24. The number of aliphatic hydroxyl groups excluding tert-OH is 1. The Labute approximate surface area is 140 Å². The quantitative estimate of drug-likeness (QED) is 0.727. The van der Waals surface area contributed by atoms with Gasteiger partial charge in [0.25, 0.3) is 0 Å². The van der Waals surface area contributed by atoms with Gasteiger partial charge < -0.3 is 5.11 Å². The second-order valence-electron chi connectivity index (χ2n) is 6.54. The second-order valence-corrected chi connectivity index (χ2v) is 7.57. The zero-order chi connectivity index (χ0) is 15.6. The van der Waals surface area contributed by atoms with Gasteiger partial charge in [-0.15, -0.1) is 11.3 Å². The maximum absolute atomic E-state index is 11.0. The van der Waals surface area contributed by atoms with Crippen LogP contribution >= 0.6 is 11.3 Å². The summed E-state index contributed by atoms with van der Waals surface area (Å²) in [7, 11) is 0. The summed E-state index contributed by atoms with van der Waals surface area (Å²) in [5.74, 6) is 0.654. The first-order valence-electron chi connectivity index (χ1n) is 8.51. The summed E-state index contributed by atoms with van der Waals surface area (Å²) in [6, 6.07) is 10.4. The van der Waals surface area contributed by atoms with Gasteiger partial charge in [0.15, 0.2) is 0 Å². The number of fused-ring (bicyclic) bond motifs is 1. The molecule has 2 heterocycles. The number of aliphatic hydroxyl groups is 1. The predicted octanol–water partition coefficient (Wildman–Crippen LogP) is 5.07. The molecule has 3 nitrogen and oxygen atoms in total. The molecule has 1 aliphatic carbocycles. The van der Waals surface area contributed by atoms with E-state index in [1.54, 1.807) is 11.3 Å². The van der Waals surface area contributed by atoms with Crippen molar-refractivity contribution in [3.05, 3.63) is 48.5 Å². The van der Waals surface area contributed by atoms with Crippen molar-refractivity contribution < 1.29 is 5.11 Å². The summed E-state index contributed by atoms with van der Waals surface area (Å²) >= 11 is 1.71. The molecule has 1 aliphatic rings. The van der Waals surface area contributed by atoms with Gasteiger partial charge in [0.2, 0.25) is 0 Å². The number of aromatic nitrogens is 2. The fourth-order valence-corrected chi connectivity index (χ4v) is 4.92. The van der Waals surface area contributed by atoms with Gasteiger partial charge in [-0.25, -0.2) is 4.98 Å². The van der Waals surface area contributed by atoms with Crippen molar-refractivity contribution >= 4 is 16.2 Å². The van der Waals surface area contributed by atoms with Crippen LogP contribution in [0.15, 0.2) is 42.9 Å². The van der Waals surface area contributed by atoms with E-state index in [-0.39, 0.29) is 0 Å². The molecule has 0 bridgehead atoms. The minimum atomic E-state index is -0.420. The van der Waals surface area contributed by atoms with Gasteiger partial charge in [0.1, 0.15) is 11.2 Å². The topological polar surface area (TPSA) is 37.5 Å². The van der Waals surface area contributed by atoms with Gasteiger partial charge in [-0.2, -0.15) is 0 Å². The molecule has 1 N–H and O–H groups in total. The van der Waals surface area contributed by atoms with E-state index in [9.17, 15) is 5.11 Å². The third-order valence-corrected chi connectivity index (χ3v) is 6.10. The Kier molecular flexibility index (Phi) is 4.19. The number of imidazole rings is 1. The highest BCUT2D eigenvalue weighted by Gasteiger charge is 2.24. The van der Waals surface area contributed by atoms with Crippen LogP contribution in [0.2, 0.25) is 0 Å². The van der Waals surface area contributed by atoms with Crippen molar-refractivity contribution in [2.75, 3.05) is 0 Å². The van der Waals surface area contributed by atoms with Gasteiger partial charge in [0, 0.05) is 0 Å². The molecule has 4 rings (SSSR count). The van der Waals surface area contributed by atoms with E-state index in [1.165, 1.54) is 42.5 Å². The van der Waals surface area contributed by atoms with Crippen LogP contribution in [-0.4, -0.2) is 14.5 Å². The average Bonchev–Trinajstić information content (AvgIpc) is 3.17. The predicted molar refractivity (Wildman–Crippen MR) is 94.7 cm³/mol. The van der Waals surface area contributed by atoms with Crippen LogP contribution in [0.3, 0.4) is 0 Å². The van der Waals surface area contributed by atoms with Gasteiger partial charge >= 0.3 is 0 Å². The van der Waals surface area contributed by atoms with Crippen LogP contribution in [0.1, 0.15) is 50.3 Å². The molecule has 1 unspecified atom stereocenters. The van der Waals surface area contributed by atoms with Crippen molar-refractivity contribution in [1.82, 2.24) is 9.38 Å². The molecule has 0 radical (unpaired) electrons. The van der Waals surface area contributed by atoms with E-state index < -0.39 is 6.10 Å². The summed E-state index contributed by atoms with van der Waals surface area (Å²) in [6.45, 7) is 0. The fourth-order valence-electron chi connectivity index (χ4n) is 3.76. The van der Waals surface area contributed by atoms with E-state index in [0.29, 0.717) is 5.92 Å². The van der Waals surface area contributed by atoms with E-state index in [4.69, 9.17) is 0 Å². The zero-order valence-electron chi connectivity index (χ0n) is 13.2. The third kappa shape index (κ3) is 2.93. The lowest BCUT2D eigenvalue weighted by Crippen LogP contribution is -2.12. The van der Waals surface area contributed by atoms with Gasteiger partial charge in [0.05, 0.1) is 22.9 Å². The Morgan fingerprint density at radius 2 is 1.96 bits per heavy atom. The lowest BCUT2D eigenvalue weighted by atomic mass is 9.84. The summed E-state index contributed by atoms with van der Waals surface area (Å²) in [4.78, 5) is 6.52. The van der Waals surface area contributed by atoms with E-state index in [1.807, 2.05) is 18.6 Å². The number of rotatable bonds is 4. The van der Waals surface area contributed by atoms with Crippen LogP contribution in [-0.2, 0) is 0 Å². The highest BCUT2D eigenvalue weighted by Crippen LogP contribution is 2.40. The van der Waals surface area contributed by atoms with Crippen LogP contribution < -0.4 is 0 Å². The molecule has 120 valence electrons. The average molecular weight is 326 g/mol. The highest BCUT2D eigenvalue weighted by molar-refractivity contribution is 7.20. The fraction of sp³-hybridized carbons (Fsp3) is 0.421. The summed E-state index contributed by atoms with van der Waals surface area (Å²) in [6.07, 6.45) is 10.7. The molecule has 0 aliphatic heterocycles. The highest BCUT2D eigenvalue weighted by atomic mass is 32.1. The smallest absolute Gasteiger partial charge is 0.120 e. The molecular formula is C19H22N2OS. The second kappa shape index (κ2) is 6.46. The van der Waals surface area contributed by atoms with Crippen molar-refractivity contribution in [3.8, 4) is 10.4 Å². The van der Waals surface area contributed by atoms with Crippen LogP contribution in [0.25, 0.3) is 15.3 Å². The Balaban J connectivity index is 1.70. The molecule has 1 atom stereocenters. The minimum absolute atomic E-state index is 0.420. The minimum Gasteiger partial charge on any atom is -0.387 e. The van der Waals surface area contributed by atoms with Crippen LogP contribution in [0.4, 0.5) is 0 Å². The Morgan fingerprint density at radius 3 is 2.74 bits per heavy atom.